The van der Waals surface area contributed by atoms with Crippen molar-refractivity contribution in [2.75, 3.05) is 38.6 Å². The zero-order chi connectivity index (χ0) is 17.4. The third-order valence-electron chi connectivity index (χ3n) is 4.33. The summed E-state index contributed by atoms with van der Waals surface area (Å²) in [5.74, 6) is 1.90. The van der Waals surface area contributed by atoms with Crippen molar-refractivity contribution in [3.63, 3.8) is 0 Å². The quantitative estimate of drug-likeness (QED) is 0.266. The van der Waals surface area contributed by atoms with Gasteiger partial charge in [0.1, 0.15) is 5.75 Å². The number of halogens is 2. The number of piperidine rings is 1. The molecule has 5 nitrogen and oxygen atoms in total. The predicted octanol–water partition coefficient (Wildman–Crippen LogP) is 4.21. The molecule has 0 saturated carbocycles. The third-order valence-corrected chi connectivity index (χ3v) is 4.63. The van der Waals surface area contributed by atoms with Gasteiger partial charge < -0.3 is 20.7 Å². The molecule has 1 aromatic carbocycles. The lowest BCUT2D eigenvalue weighted by Gasteiger charge is -2.30. The maximum atomic E-state index is 6.09. The zero-order valence-electron chi connectivity index (χ0n) is 15.1. The highest BCUT2D eigenvalue weighted by Crippen LogP contribution is 2.27. The Morgan fingerprint density at radius 3 is 2.92 bits per heavy atom. The molecule has 1 aliphatic heterocycles. The minimum absolute atomic E-state index is 0. The van der Waals surface area contributed by atoms with Crippen molar-refractivity contribution in [3.8, 4) is 5.75 Å². The number of anilines is 1. The highest BCUT2D eigenvalue weighted by atomic mass is 127. The van der Waals surface area contributed by atoms with Crippen LogP contribution in [0.2, 0.25) is 5.02 Å². The normalized spacial score (nSPS) is 18.5. The first-order valence-corrected chi connectivity index (χ1v) is 9.09. The number of hydrogen-bond donors (Lipinski definition) is 2. The average Bonchev–Trinajstić information content (AvgIpc) is 2.55. The van der Waals surface area contributed by atoms with Crippen molar-refractivity contribution in [1.29, 1.82) is 0 Å². The molecule has 3 N–H and O–H groups in total. The van der Waals surface area contributed by atoms with Crippen LogP contribution in [-0.4, -0.2) is 44.1 Å². The summed E-state index contributed by atoms with van der Waals surface area (Å²) in [6, 6.07) is 5.45. The Bertz CT molecular complexity index is 556. The fraction of sp³-hybridized carbons (Fsp3) is 0.611. The second-order valence-electron chi connectivity index (χ2n) is 6.50. The smallest absolute Gasteiger partial charge is 0.193 e. The molecular weight excluding hydrogens is 451 g/mol. The maximum Gasteiger partial charge on any atom is 0.193 e. The summed E-state index contributed by atoms with van der Waals surface area (Å²) >= 11 is 6.09. The summed E-state index contributed by atoms with van der Waals surface area (Å²) in [7, 11) is 1.59. The number of methoxy groups -OCH3 is 1. The number of ether oxygens (including phenoxy) is 1. The number of aliphatic imine (C=N–C) groups is 1. The molecule has 1 unspecified atom stereocenters. The van der Waals surface area contributed by atoms with Crippen LogP contribution in [0.4, 0.5) is 5.69 Å². The summed E-state index contributed by atoms with van der Waals surface area (Å²) in [4.78, 5) is 6.95. The molecule has 1 aromatic rings. The molecule has 1 heterocycles. The third kappa shape index (κ3) is 8.00. The van der Waals surface area contributed by atoms with Gasteiger partial charge in [0, 0.05) is 18.8 Å². The van der Waals surface area contributed by atoms with Crippen LogP contribution in [0.25, 0.3) is 0 Å². The predicted molar refractivity (Wildman–Crippen MR) is 118 cm³/mol. The lowest BCUT2D eigenvalue weighted by molar-refractivity contribution is 0.181. The summed E-state index contributed by atoms with van der Waals surface area (Å²) in [5, 5.41) is 3.60. The van der Waals surface area contributed by atoms with E-state index in [0.29, 0.717) is 16.7 Å². The first-order valence-electron chi connectivity index (χ1n) is 8.71. The molecule has 25 heavy (non-hydrogen) atoms. The number of unbranched alkanes of at least 4 members (excludes halogenated alkanes) is 1. The molecule has 1 aliphatic rings. The standard InChI is InChI=1S/C18H29ClN4O.HI/c1-14-6-5-11-23(13-14)10-4-3-9-21-18(20)22-15-7-8-17(24-2)16(19)12-15;/h7-8,12,14H,3-6,9-11,13H2,1-2H3,(H3,20,21,22);1H. The Labute approximate surface area is 173 Å². The Hall–Kier alpha value is -0.730. The van der Waals surface area contributed by atoms with Crippen molar-refractivity contribution in [2.45, 2.75) is 32.6 Å². The molecule has 2 rings (SSSR count). The van der Waals surface area contributed by atoms with Gasteiger partial charge in [0.25, 0.3) is 0 Å². The largest absolute Gasteiger partial charge is 0.495 e. The van der Waals surface area contributed by atoms with Gasteiger partial charge >= 0.3 is 0 Å². The van der Waals surface area contributed by atoms with Gasteiger partial charge in [-0.1, -0.05) is 18.5 Å². The van der Waals surface area contributed by atoms with Crippen molar-refractivity contribution >= 4 is 47.2 Å². The molecule has 0 spiro atoms. The van der Waals surface area contributed by atoms with Crippen LogP contribution in [0, 0.1) is 5.92 Å². The monoisotopic (exact) mass is 480 g/mol. The molecule has 1 fully saturated rings. The van der Waals surface area contributed by atoms with E-state index in [4.69, 9.17) is 22.1 Å². The average molecular weight is 481 g/mol. The summed E-state index contributed by atoms with van der Waals surface area (Å²) in [6.07, 6.45) is 4.92. The van der Waals surface area contributed by atoms with Crippen molar-refractivity contribution in [1.82, 2.24) is 4.90 Å². The van der Waals surface area contributed by atoms with E-state index < -0.39 is 0 Å². The van der Waals surface area contributed by atoms with Crippen LogP contribution >= 0.6 is 35.6 Å². The number of nitrogens with one attached hydrogen (secondary N) is 1. The molecule has 0 amide bonds. The first-order chi connectivity index (χ1) is 11.6. The van der Waals surface area contributed by atoms with Crippen molar-refractivity contribution < 1.29 is 4.74 Å². The van der Waals surface area contributed by atoms with E-state index in [2.05, 4.69) is 22.1 Å². The number of likely N-dealkylation sites (tertiary alicyclic amines) is 1. The molecule has 0 radical (unpaired) electrons. The first kappa shape index (κ1) is 22.3. The van der Waals surface area contributed by atoms with Gasteiger partial charge in [-0.3, -0.25) is 4.99 Å². The number of guanidine groups is 1. The molecule has 142 valence electrons. The molecule has 1 saturated heterocycles. The van der Waals surface area contributed by atoms with Crippen molar-refractivity contribution in [2.24, 2.45) is 16.6 Å². The fourth-order valence-electron chi connectivity index (χ4n) is 3.07. The van der Waals surface area contributed by atoms with Crippen molar-refractivity contribution in [3.05, 3.63) is 23.2 Å². The topological polar surface area (TPSA) is 62.9 Å². The van der Waals surface area contributed by atoms with E-state index in [9.17, 15) is 0 Å². The van der Waals surface area contributed by atoms with Crippen LogP contribution in [-0.2, 0) is 0 Å². The van der Waals surface area contributed by atoms with E-state index in [0.717, 1.165) is 31.0 Å². The maximum absolute atomic E-state index is 6.09. The van der Waals surface area contributed by atoms with Crippen LogP contribution < -0.4 is 15.8 Å². The van der Waals surface area contributed by atoms with E-state index in [1.165, 1.54) is 32.5 Å². The molecule has 7 heteroatoms. The van der Waals surface area contributed by atoms with E-state index in [1.807, 2.05) is 6.07 Å². The lowest BCUT2D eigenvalue weighted by Crippen LogP contribution is -2.35. The van der Waals surface area contributed by atoms with E-state index in [1.54, 1.807) is 19.2 Å². The number of hydrogen-bond acceptors (Lipinski definition) is 3. The summed E-state index contributed by atoms with van der Waals surface area (Å²) in [6.45, 7) is 6.74. The summed E-state index contributed by atoms with van der Waals surface area (Å²) < 4.78 is 5.13. The Kier molecular flexibility index (Phi) is 10.5. The Morgan fingerprint density at radius 2 is 2.24 bits per heavy atom. The lowest BCUT2D eigenvalue weighted by atomic mass is 10.0. The van der Waals surface area contributed by atoms with Gasteiger partial charge in [-0.05, 0) is 62.9 Å². The molecule has 0 aromatic heterocycles. The minimum atomic E-state index is 0. The van der Waals surface area contributed by atoms with Crippen LogP contribution in [0.5, 0.6) is 5.75 Å². The van der Waals surface area contributed by atoms with E-state index >= 15 is 0 Å². The van der Waals surface area contributed by atoms with Gasteiger partial charge in [-0.2, -0.15) is 0 Å². The number of rotatable bonds is 7. The molecule has 0 bridgehead atoms. The van der Waals surface area contributed by atoms with E-state index in [-0.39, 0.29) is 24.0 Å². The summed E-state index contributed by atoms with van der Waals surface area (Å²) in [5.41, 5.74) is 6.73. The van der Waals surface area contributed by atoms with Crippen LogP contribution in [0.3, 0.4) is 0 Å². The number of nitrogens with two attached hydrogens (primary N) is 1. The number of nitrogens with zero attached hydrogens (tertiary/aromatic N) is 2. The van der Waals surface area contributed by atoms with Gasteiger partial charge in [-0.15, -0.1) is 24.0 Å². The highest BCUT2D eigenvalue weighted by molar-refractivity contribution is 14.0. The Morgan fingerprint density at radius 1 is 1.44 bits per heavy atom. The Balaban J connectivity index is 0.00000312. The SMILES string of the molecule is COc1ccc(NC(N)=NCCCCN2CCCC(C)C2)cc1Cl.I. The van der Waals surface area contributed by atoms with Gasteiger partial charge in [-0.25, -0.2) is 0 Å². The molecular formula is C18H30ClIN4O. The fourth-order valence-corrected chi connectivity index (χ4v) is 3.33. The van der Waals surface area contributed by atoms with Gasteiger partial charge in [0.05, 0.1) is 12.1 Å². The van der Waals surface area contributed by atoms with Gasteiger partial charge in [0.15, 0.2) is 5.96 Å². The second-order valence-corrected chi connectivity index (χ2v) is 6.90. The minimum Gasteiger partial charge on any atom is -0.495 e. The van der Waals surface area contributed by atoms with Crippen LogP contribution in [0.1, 0.15) is 32.6 Å². The zero-order valence-corrected chi connectivity index (χ0v) is 18.2. The second kappa shape index (κ2) is 11.8. The van der Waals surface area contributed by atoms with Gasteiger partial charge in [0.2, 0.25) is 0 Å². The number of benzene rings is 1. The molecule has 0 aliphatic carbocycles. The molecule has 1 atom stereocenters. The van der Waals surface area contributed by atoms with Crippen LogP contribution in [0.15, 0.2) is 23.2 Å². The highest BCUT2D eigenvalue weighted by Gasteiger charge is 2.15.